The number of hydrogen-bond acceptors (Lipinski definition) is 4. The molecule has 0 saturated carbocycles. The van der Waals surface area contributed by atoms with E-state index in [1.165, 1.54) is 6.42 Å². The van der Waals surface area contributed by atoms with E-state index >= 15 is 0 Å². The fourth-order valence-corrected chi connectivity index (χ4v) is 2.57. The Kier molecular flexibility index (Phi) is 5.29. The number of amides is 1. The molecular formula is C9H17NO3S. The van der Waals surface area contributed by atoms with Crippen molar-refractivity contribution in [2.24, 2.45) is 0 Å². The van der Waals surface area contributed by atoms with E-state index in [1.807, 2.05) is 0 Å². The SMILES string of the molecule is O=C(NCC(O)CO)C1CCCCS1. The number of thioether (sulfide) groups is 1. The van der Waals surface area contributed by atoms with Crippen molar-refractivity contribution < 1.29 is 15.0 Å². The molecule has 82 valence electrons. The summed E-state index contributed by atoms with van der Waals surface area (Å²) < 4.78 is 0. The molecule has 4 nitrogen and oxygen atoms in total. The topological polar surface area (TPSA) is 69.6 Å². The predicted octanol–water partition coefficient (Wildman–Crippen LogP) is -0.259. The molecule has 1 aliphatic heterocycles. The monoisotopic (exact) mass is 219 g/mol. The second-order valence-electron chi connectivity index (χ2n) is 3.44. The van der Waals surface area contributed by atoms with Crippen molar-refractivity contribution in [1.82, 2.24) is 5.32 Å². The summed E-state index contributed by atoms with van der Waals surface area (Å²) in [4.78, 5) is 11.5. The normalized spacial score (nSPS) is 24.3. The van der Waals surface area contributed by atoms with Crippen LogP contribution in [-0.2, 0) is 4.79 Å². The zero-order valence-corrected chi connectivity index (χ0v) is 8.92. The molecule has 0 bridgehead atoms. The van der Waals surface area contributed by atoms with Crippen LogP contribution in [0.3, 0.4) is 0 Å². The third-order valence-electron chi connectivity index (χ3n) is 2.19. The number of aliphatic hydroxyl groups excluding tert-OH is 2. The highest BCUT2D eigenvalue weighted by atomic mass is 32.2. The summed E-state index contributed by atoms with van der Waals surface area (Å²) in [6.45, 7) is -0.162. The van der Waals surface area contributed by atoms with Gasteiger partial charge >= 0.3 is 0 Å². The molecule has 0 aliphatic carbocycles. The first-order valence-corrected chi connectivity index (χ1v) is 5.97. The van der Waals surface area contributed by atoms with E-state index in [0.29, 0.717) is 0 Å². The van der Waals surface area contributed by atoms with Crippen LogP contribution >= 0.6 is 11.8 Å². The van der Waals surface area contributed by atoms with Gasteiger partial charge in [0.05, 0.1) is 18.0 Å². The van der Waals surface area contributed by atoms with Crippen molar-refractivity contribution in [3.63, 3.8) is 0 Å². The summed E-state index contributed by atoms with van der Waals surface area (Å²) in [5.41, 5.74) is 0. The zero-order chi connectivity index (χ0) is 10.4. The van der Waals surface area contributed by atoms with Crippen LogP contribution in [-0.4, -0.2) is 46.4 Å². The molecule has 0 aromatic carbocycles. The summed E-state index contributed by atoms with van der Waals surface area (Å²) in [5, 5.41) is 20.3. The van der Waals surface area contributed by atoms with Crippen LogP contribution in [0.5, 0.6) is 0 Å². The van der Waals surface area contributed by atoms with Gasteiger partial charge in [-0.25, -0.2) is 0 Å². The van der Waals surface area contributed by atoms with E-state index in [1.54, 1.807) is 11.8 Å². The lowest BCUT2D eigenvalue weighted by molar-refractivity contribution is -0.121. The zero-order valence-electron chi connectivity index (χ0n) is 8.11. The lowest BCUT2D eigenvalue weighted by Crippen LogP contribution is -2.39. The van der Waals surface area contributed by atoms with Gasteiger partial charge in [-0.15, -0.1) is 11.8 Å². The minimum Gasteiger partial charge on any atom is -0.394 e. The Labute approximate surface area is 88.1 Å². The third-order valence-corrected chi connectivity index (χ3v) is 3.57. The molecule has 14 heavy (non-hydrogen) atoms. The number of rotatable bonds is 4. The minimum atomic E-state index is -0.840. The lowest BCUT2D eigenvalue weighted by Gasteiger charge is -2.20. The summed E-state index contributed by atoms with van der Waals surface area (Å²) in [6, 6.07) is 0. The van der Waals surface area contributed by atoms with Gasteiger partial charge in [0, 0.05) is 6.54 Å². The average molecular weight is 219 g/mol. The minimum absolute atomic E-state index is 0.0119. The van der Waals surface area contributed by atoms with Gasteiger partial charge in [0.15, 0.2) is 0 Å². The highest BCUT2D eigenvalue weighted by Gasteiger charge is 2.21. The van der Waals surface area contributed by atoms with E-state index in [-0.39, 0.29) is 24.3 Å². The van der Waals surface area contributed by atoms with Crippen LogP contribution in [0, 0.1) is 0 Å². The van der Waals surface area contributed by atoms with Crippen LogP contribution in [0.15, 0.2) is 0 Å². The van der Waals surface area contributed by atoms with Gasteiger partial charge in [-0.05, 0) is 18.6 Å². The molecular weight excluding hydrogens is 202 g/mol. The Balaban J connectivity index is 2.19. The molecule has 1 amide bonds. The molecule has 0 radical (unpaired) electrons. The maximum atomic E-state index is 11.5. The number of aliphatic hydroxyl groups is 2. The summed E-state index contributed by atoms with van der Waals surface area (Å²) in [7, 11) is 0. The molecule has 2 atom stereocenters. The highest BCUT2D eigenvalue weighted by molar-refractivity contribution is 8.00. The van der Waals surface area contributed by atoms with Crippen LogP contribution in [0.2, 0.25) is 0 Å². The van der Waals surface area contributed by atoms with Crippen molar-refractivity contribution in [2.75, 3.05) is 18.9 Å². The van der Waals surface area contributed by atoms with Gasteiger partial charge in [0.1, 0.15) is 0 Å². The molecule has 0 aromatic rings. The van der Waals surface area contributed by atoms with Crippen molar-refractivity contribution >= 4 is 17.7 Å². The molecule has 5 heteroatoms. The van der Waals surface area contributed by atoms with E-state index < -0.39 is 6.10 Å². The molecule has 2 unspecified atom stereocenters. The van der Waals surface area contributed by atoms with Crippen LogP contribution < -0.4 is 5.32 Å². The number of carbonyl (C=O) groups excluding carboxylic acids is 1. The van der Waals surface area contributed by atoms with Crippen LogP contribution in [0.25, 0.3) is 0 Å². The van der Waals surface area contributed by atoms with Crippen molar-refractivity contribution in [1.29, 1.82) is 0 Å². The number of carbonyl (C=O) groups is 1. The maximum absolute atomic E-state index is 11.5. The van der Waals surface area contributed by atoms with Gasteiger partial charge in [-0.2, -0.15) is 0 Å². The third kappa shape index (κ3) is 3.86. The Morgan fingerprint density at radius 2 is 2.36 bits per heavy atom. The first-order valence-electron chi connectivity index (χ1n) is 4.92. The second-order valence-corrected chi connectivity index (χ2v) is 4.75. The molecule has 1 fully saturated rings. The van der Waals surface area contributed by atoms with E-state index in [9.17, 15) is 4.79 Å². The van der Waals surface area contributed by atoms with Gasteiger partial charge in [-0.3, -0.25) is 4.79 Å². The first kappa shape index (κ1) is 11.8. The predicted molar refractivity (Wildman–Crippen MR) is 56.2 cm³/mol. The molecule has 0 aromatic heterocycles. The first-order chi connectivity index (χ1) is 6.74. The van der Waals surface area contributed by atoms with Gasteiger partial charge < -0.3 is 15.5 Å². The molecule has 1 rings (SSSR count). The smallest absolute Gasteiger partial charge is 0.233 e. The summed E-state index contributed by atoms with van der Waals surface area (Å²) in [5.74, 6) is 1.03. The maximum Gasteiger partial charge on any atom is 0.233 e. The van der Waals surface area contributed by atoms with E-state index in [0.717, 1.165) is 18.6 Å². The van der Waals surface area contributed by atoms with Crippen molar-refractivity contribution in [3.05, 3.63) is 0 Å². The van der Waals surface area contributed by atoms with E-state index in [4.69, 9.17) is 10.2 Å². The Bertz CT molecular complexity index is 183. The molecule has 0 spiro atoms. The van der Waals surface area contributed by atoms with Crippen molar-refractivity contribution in [2.45, 2.75) is 30.6 Å². The second kappa shape index (κ2) is 6.27. The van der Waals surface area contributed by atoms with Crippen LogP contribution in [0.4, 0.5) is 0 Å². The Morgan fingerprint density at radius 1 is 1.57 bits per heavy atom. The van der Waals surface area contributed by atoms with E-state index in [2.05, 4.69) is 5.32 Å². The molecule has 1 heterocycles. The molecule has 3 N–H and O–H groups in total. The standard InChI is InChI=1S/C9H17NO3S/c11-6-7(12)5-10-9(13)8-3-1-2-4-14-8/h7-8,11-12H,1-6H2,(H,10,13). The van der Waals surface area contributed by atoms with Gasteiger partial charge in [-0.1, -0.05) is 6.42 Å². The van der Waals surface area contributed by atoms with Gasteiger partial charge in [0.2, 0.25) is 5.91 Å². The van der Waals surface area contributed by atoms with Gasteiger partial charge in [0.25, 0.3) is 0 Å². The largest absolute Gasteiger partial charge is 0.394 e. The fraction of sp³-hybridized carbons (Fsp3) is 0.889. The number of nitrogens with one attached hydrogen (secondary N) is 1. The lowest BCUT2D eigenvalue weighted by atomic mass is 10.2. The number of hydrogen-bond donors (Lipinski definition) is 3. The van der Waals surface area contributed by atoms with Crippen LogP contribution in [0.1, 0.15) is 19.3 Å². The fourth-order valence-electron chi connectivity index (χ4n) is 1.34. The molecule has 1 saturated heterocycles. The molecule has 1 aliphatic rings. The Hall–Kier alpha value is -0.260. The Morgan fingerprint density at radius 3 is 2.93 bits per heavy atom. The summed E-state index contributed by atoms with van der Waals surface area (Å²) >= 11 is 1.67. The quantitative estimate of drug-likeness (QED) is 0.609. The summed E-state index contributed by atoms with van der Waals surface area (Å²) in [6.07, 6.45) is 2.38. The highest BCUT2D eigenvalue weighted by Crippen LogP contribution is 2.24. The average Bonchev–Trinajstić information content (AvgIpc) is 2.26. The van der Waals surface area contributed by atoms with Crippen molar-refractivity contribution in [3.8, 4) is 0 Å².